The highest BCUT2D eigenvalue weighted by Crippen LogP contribution is 2.13. The molecule has 0 aromatic heterocycles. The van der Waals surface area contributed by atoms with E-state index in [0.717, 1.165) is 29.7 Å². The van der Waals surface area contributed by atoms with E-state index in [4.69, 9.17) is 4.74 Å². The molecule has 0 aliphatic carbocycles. The number of para-hydroxylation sites is 1. The van der Waals surface area contributed by atoms with Crippen LogP contribution in [0.4, 0.5) is 0 Å². The molecule has 88 valence electrons. The average Bonchev–Trinajstić information content (AvgIpc) is 2.36. The second kappa shape index (κ2) is 6.45. The van der Waals surface area contributed by atoms with Crippen molar-refractivity contribution in [2.45, 2.75) is 12.8 Å². The lowest BCUT2D eigenvalue weighted by Crippen LogP contribution is -1.99. The van der Waals surface area contributed by atoms with Gasteiger partial charge in [0.1, 0.15) is 5.75 Å². The maximum atomic E-state index is 5.65. The molecule has 0 aliphatic heterocycles. The fourth-order valence-electron chi connectivity index (χ4n) is 1.68. The first-order valence-electron chi connectivity index (χ1n) is 5.77. The molecule has 2 aromatic rings. The van der Waals surface area contributed by atoms with Crippen LogP contribution in [-0.4, -0.2) is 6.61 Å². The fourth-order valence-corrected chi connectivity index (χ4v) is 2.12. The van der Waals surface area contributed by atoms with Gasteiger partial charge < -0.3 is 4.74 Å². The van der Waals surface area contributed by atoms with Gasteiger partial charge in [0.05, 0.1) is 6.61 Å². The van der Waals surface area contributed by atoms with E-state index >= 15 is 0 Å². The molecule has 0 unspecified atom stereocenters. The molecule has 0 spiro atoms. The van der Waals surface area contributed by atoms with E-state index < -0.39 is 0 Å². The van der Waals surface area contributed by atoms with Crippen molar-refractivity contribution >= 4 is 15.9 Å². The number of hydrogen-bond acceptors (Lipinski definition) is 1. The number of aryl methyl sites for hydroxylation is 1. The molecule has 2 heteroatoms. The highest BCUT2D eigenvalue weighted by atomic mass is 79.9. The van der Waals surface area contributed by atoms with Gasteiger partial charge in [0.15, 0.2) is 0 Å². The third kappa shape index (κ3) is 4.23. The minimum absolute atomic E-state index is 0.760. The van der Waals surface area contributed by atoms with Crippen molar-refractivity contribution in [3.8, 4) is 5.75 Å². The highest BCUT2D eigenvalue weighted by molar-refractivity contribution is 9.10. The van der Waals surface area contributed by atoms with Crippen molar-refractivity contribution in [2.24, 2.45) is 0 Å². The number of hydrogen-bond donors (Lipinski definition) is 0. The quantitative estimate of drug-likeness (QED) is 0.739. The van der Waals surface area contributed by atoms with Crippen LogP contribution in [0.25, 0.3) is 0 Å². The average molecular weight is 291 g/mol. The van der Waals surface area contributed by atoms with E-state index in [1.807, 2.05) is 36.4 Å². The molecule has 0 amide bonds. The van der Waals surface area contributed by atoms with Gasteiger partial charge in [-0.15, -0.1) is 0 Å². The van der Waals surface area contributed by atoms with E-state index in [9.17, 15) is 0 Å². The predicted molar refractivity (Wildman–Crippen MR) is 74.4 cm³/mol. The third-order valence-corrected chi connectivity index (χ3v) is 3.00. The summed E-state index contributed by atoms with van der Waals surface area (Å²) in [4.78, 5) is 0. The zero-order valence-corrected chi connectivity index (χ0v) is 11.2. The first-order chi connectivity index (χ1) is 8.34. The molecule has 0 saturated heterocycles. The van der Waals surface area contributed by atoms with Gasteiger partial charge in [-0.05, 0) is 42.7 Å². The molecule has 0 aliphatic rings. The molecule has 2 rings (SSSR count). The van der Waals surface area contributed by atoms with E-state index in [-0.39, 0.29) is 0 Å². The van der Waals surface area contributed by atoms with Crippen LogP contribution in [0.5, 0.6) is 5.75 Å². The Balaban J connectivity index is 1.73. The lowest BCUT2D eigenvalue weighted by molar-refractivity contribution is 0.311. The van der Waals surface area contributed by atoms with E-state index in [2.05, 4.69) is 34.1 Å². The summed E-state index contributed by atoms with van der Waals surface area (Å²) in [6.45, 7) is 0.760. The summed E-state index contributed by atoms with van der Waals surface area (Å²) in [5.41, 5.74) is 1.34. The van der Waals surface area contributed by atoms with Gasteiger partial charge >= 0.3 is 0 Å². The van der Waals surface area contributed by atoms with Crippen molar-refractivity contribution in [1.82, 2.24) is 0 Å². The number of benzene rings is 2. The topological polar surface area (TPSA) is 9.23 Å². The number of ether oxygens (including phenoxy) is 1. The molecule has 0 radical (unpaired) electrons. The number of halogens is 1. The molecule has 2 aromatic carbocycles. The molecule has 0 N–H and O–H groups in total. The Morgan fingerprint density at radius 2 is 1.76 bits per heavy atom. The molecule has 0 fully saturated rings. The summed E-state index contributed by atoms with van der Waals surface area (Å²) in [6, 6.07) is 18.4. The van der Waals surface area contributed by atoms with Crippen LogP contribution in [0.1, 0.15) is 12.0 Å². The molecule has 0 heterocycles. The minimum Gasteiger partial charge on any atom is -0.494 e. The van der Waals surface area contributed by atoms with Crippen LogP contribution in [0.15, 0.2) is 59.1 Å². The smallest absolute Gasteiger partial charge is 0.119 e. The van der Waals surface area contributed by atoms with Gasteiger partial charge in [0.2, 0.25) is 0 Å². The number of rotatable bonds is 5. The lowest BCUT2D eigenvalue weighted by Gasteiger charge is -2.06. The van der Waals surface area contributed by atoms with Gasteiger partial charge in [-0.2, -0.15) is 0 Å². The first-order valence-corrected chi connectivity index (χ1v) is 6.56. The fraction of sp³-hybridized carbons (Fsp3) is 0.200. The summed E-state index contributed by atoms with van der Waals surface area (Å²) >= 11 is 3.48. The van der Waals surface area contributed by atoms with Crippen LogP contribution < -0.4 is 4.74 Å². The highest BCUT2D eigenvalue weighted by Gasteiger charge is 1.95. The second-order valence-corrected chi connectivity index (χ2v) is 4.81. The van der Waals surface area contributed by atoms with Crippen LogP contribution >= 0.6 is 15.9 Å². The van der Waals surface area contributed by atoms with Crippen molar-refractivity contribution in [3.05, 3.63) is 64.6 Å². The first kappa shape index (κ1) is 12.2. The van der Waals surface area contributed by atoms with Crippen LogP contribution in [0, 0.1) is 0 Å². The summed E-state index contributed by atoms with van der Waals surface area (Å²) < 4.78 is 6.78. The monoisotopic (exact) mass is 290 g/mol. The van der Waals surface area contributed by atoms with Gasteiger partial charge in [0.25, 0.3) is 0 Å². The van der Waals surface area contributed by atoms with Crippen molar-refractivity contribution < 1.29 is 4.74 Å². The largest absolute Gasteiger partial charge is 0.494 e. The van der Waals surface area contributed by atoms with Crippen molar-refractivity contribution in [3.63, 3.8) is 0 Å². The predicted octanol–water partition coefficient (Wildman–Crippen LogP) is 4.46. The molecule has 1 nitrogen and oxygen atoms in total. The Kier molecular flexibility index (Phi) is 4.63. The van der Waals surface area contributed by atoms with Crippen LogP contribution in [0.3, 0.4) is 0 Å². The Morgan fingerprint density at radius 1 is 0.941 bits per heavy atom. The molecule has 0 saturated carbocycles. The van der Waals surface area contributed by atoms with E-state index in [1.165, 1.54) is 5.56 Å². The molecular weight excluding hydrogens is 276 g/mol. The third-order valence-electron chi connectivity index (χ3n) is 2.51. The normalized spacial score (nSPS) is 10.2. The molecular formula is C15H15BrO. The maximum Gasteiger partial charge on any atom is 0.119 e. The molecule has 0 atom stereocenters. The summed E-state index contributed by atoms with van der Waals surface area (Å²) in [7, 11) is 0. The van der Waals surface area contributed by atoms with Crippen LogP contribution in [0.2, 0.25) is 0 Å². The van der Waals surface area contributed by atoms with Crippen LogP contribution in [-0.2, 0) is 6.42 Å². The molecule has 17 heavy (non-hydrogen) atoms. The Bertz CT molecular complexity index is 453. The van der Waals surface area contributed by atoms with Gasteiger partial charge in [-0.1, -0.05) is 46.3 Å². The minimum atomic E-state index is 0.760. The zero-order chi connectivity index (χ0) is 11.9. The Labute approximate surface area is 111 Å². The summed E-state index contributed by atoms with van der Waals surface area (Å²) in [6.07, 6.45) is 2.08. The standard InChI is InChI=1S/C15H15BrO/c16-14-8-4-6-13(12-14)7-5-11-17-15-9-2-1-3-10-15/h1-4,6,8-10,12H,5,7,11H2. The van der Waals surface area contributed by atoms with Gasteiger partial charge in [-0.3, -0.25) is 0 Å². The van der Waals surface area contributed by atoms with E-state index in [0.29, 0.717) is 0 Å². The summed E-state index contributed by atoms with van der Waals surface area (Å²) in [5.74, 6) is 0.946. The van der Waals surface area contributed by atoms with Crippen molar-refractivity contribution in [2.75, 3.05) is 6.61 Å². The second-order valence-electron chi connectivity index (χ2n) is 3.89. The summed E-state index contributed by atoms with van der Waals surface area (Å²) in [5, 5.41) is 0. The lowest BCUT2D eigenvalue weighted by atomic mass is 10.1. The zero-order valence-electron chi connectivity index (χ0n) is 9.60. The van der Waals surface area contributed by atoms with Crippen molar-refractivity contribution in [1.29, 1.82) is 0 Å². The molecule has 0 bridgehead atoms. The maximum absolute atomic E-state index is 5.65. The van der Waals surface area contributed by atoms with Gasteiger partial charge in [0, 0.05) is 4.47 Å². The Hall–Kier alpha value is -1.28. The SMILES string of the molecule is Brc1cccc(CCCOc2ccccc2)c1. The van der Waals surface area contributed by atoms with E-state index in [1.54, 1.807) is 0 Å². The Morgan fingerprint density at radius 3 is 2.53 bits per heavy atom. The van der Waals surface area contributed by atoms with Gasteiger partial charge in [-0.25, -0.2) is 0 Å².